The molecule has 0 aliphatic heterocycles. The molecule has 0 saturated carbocycles. The maximum Gasteiger partial charge on any atom is 0.305 e. The topological polar surface area (TPSA) is 97.1 Å². The van der Waals surface area contributed by atoms with E-state index >= 15 is 0 Å². The van der Waals surface area contributed by atoms with Gasteiger partial charge in [-0.25, -0.2) is 9.67 Å². The van der Waals surface area contributed by atoms with Crippen LogP contribution in [0.4, 0.5) is 0 Å². The molecule has 2 N–H and O–H groups in total. The van der Waals surface area contributed by atoms with E-state index in [9.17, 15) is 9.59 Å². The highest BCUT2D eigenvalue weighted by Crippen LogP contribution is 2.21. The Labute approximate surface area is 128 Å². The number of amides is 1. The average Bonchev–Trinajstić information content (AvgIpc) is 2.79. The van der Waals surface area contributed by atoms with E-state index in [1.54, 1.807) is 23.9 Å². The third-order valence-electron chi connectivity index (χ3n) is 3.29. The second kappa shape index (κ2) is 6.13. The molecule has 1 unspecified atom stereocenters. The van der Waals surface area contributed by atoms with Crippen LogP contribution in [-0.2, 0) is 4.79 Å². The van der Waals surface area contributed by atoms with Crippen molar-refractivity contribution < 1.29 is 14.7 Å². The van der Waals surface area contributed by atoms with Gasteiger partial charge in [-0.2, -0.15) is 5.10 Å². The quantitative estimate of drug-likeness (QED) is 0.879. The molecule has 0 aliphatic carbocycles. The van der Waals surface area contributed by atoms with Crippen LogP contribution in [0.1, 0.15) is 49.3 Å². The summed E-state index contributed by atoms with van der Waals surface area (Å²) in [6, 6.07) is 1.37. The summed E-state index contributed by atoms with van der Waals surface area (Å²) < 4.78 is 1.76. The van der Waals surface area contributed by atoms with Gasteiger partial charge in [0.05, 0.1) is 23.6 Å². The Morgan fingerprint density at radius 2 is 2.05 bits per heavy atom. The van der Waals surface area contributed by atoms with Crippen molar-refractivity contribution in [2.45, 2.75) is 46.2 Å². The number of nitrogens with one attached hydrogen (secondary N) is 1. The molecule has 0 fully saturated rings. The summed E-state index contributed by atoms with van der Waals surface area (Å²) in [5, 5.41) is 16.4. The average molecular weight is 304 g/mol. The highest BCUT2D eigenvalue weighted by atomic mass is 16.4. The minimum atomic E-state index is -0.948. The summed E-state index contributed by atoms with van der Waals surface area (Å²) in [5.41, 5.74) is 1.84. The Balaban J connectivity index is 2.38. The van der Waals surface area contributed by atoms with Crippen LogP contribution in [0.15, 0.2) is 12.3 Å². The maximum absolute atomic E-state index is 12.4. The first-order valence-electron chi connectivity index (χ1n) is 7.17. The summed E-state index contributed by atoms with van der Waals surface area (Å²) in [7, 11) is 0. The number of carbonyl (C=O) groups is 2. The maximum atomic E-state index is 12.4. The second-order valence-corrected chi connectivity index (χ2v) is 5.70. The zero-order valence-electron chi connectivity index (χ0n) is 13.1. The van der Waals surface area contributed by atoms with Gasteiger partial charge in [0.2, 0.25) is 0 Å². The molecule has 0 radical (unpaired) electrons. The number of aryl methyl sites for hydroxylation is 1. The minimum absolute atomic E-state index is 0.121. The number of aromatic nitrogens is 3. The van der Waals surface area contributed by atoms with Crippen molar-refractivity contribution in [3.05, 3.63) is 23.5 Å². The fourth-order valence-electron chi connectivity index (χ4n) is 2.32. The zero-order valence-corrected chi connectivity index (χ0v) is 13.1. The lowest BCUT2D eigenvalue weighted by Crippen LogP contribution is -2.34. The number of rotatable bonds is 5. The number of carbonyl (C=O) groups excluding carboxylic acids is 1. The minimum Gasteiger partial charge on any atom is -0.481 e. The van der Waals surface area contributed by atoms with E-state index in [2.05, 4.69) is 15.4 Å². The van der Waals surface area contributed by atoms with E-state index in [0.29, 0.717) is 22.3 Å². The number of nitrogens with zero attached hydrogens (tertiary/aromatic N) is 3. The van der Waals surface area contributed by atoms with Gasteiger partial charge in [0.15, 0.2) is 5.65 Å². The van der Waals surface area contributed by atoms with Gasteiger partial charge in [0.25, 0.3) is 5.91 Å². The summed E-state index contributed by atoms with van der Waals surface area (Å²) in [6.45, 7) is 7.46. The van der Waals surface area contributed by atoms with Crippen LogP contribution in [0.25, 0.3) is 11.0 Å². The van der Waals surface area contributed by atoms with Crippen molar-refractivity contribution in [2.75, 3.05) is 0 Å². The van der Waals surface area contributed by atoms with Crippen molar-refractivity contribution in [1.82, 2.24) is 20.1 Å². The Hall–Kier alpha value is -2.44. The first-order valence-corrected chi connectivity index (χ1v) is 7.17. The van der Waals surface area contributed by atoms with Gasteiger partial charge in [-0.15, -0.1) is 0 Å². The lowest BCUT2D eigenvalue weighted by molar-refractivity contribution is -0.137. The van der Waals surface area contributed by atoms with E-state index in [0.717, 1.165) is 0 Å². The Morgan fingerprint density at radius 3 is 2.64 bits per heavy atom. The normalized spacial score (nSPS) is 12.6. The summed E-state index contributed by atoms with van der Waals surface area (Å²) >= 11 is 0. The van der Waals surface area contributed by atoms with E-state index in [-0.39, 0.29) is 18.4 Å². The molecule has 118 valence electrons. The summed E-state index contributed by atoms with van der Waals surface area (Å²) in [6.07, 6.45) is 1.50. The first-order chi connectivity index (χ1) is 10.3. The smallest absolute Gasteiger partial charge is 0.305 e. The van der Waals surface area contributed by atoms with Gasteiger partial charge in [0.1, 0.15) is 0 Å². The molecule has 2 heterocycles. The number of fused-ring (bicyclic) bond motifs is 1. The standard InChI is InChI=1S/C15H20N4O3/c1-8(2)19-14-12(7-16-19)11(5-9(3)17-14)15(22)18-10(4)6-13(20)21/h5,7-8,10H,6H2,1-4H3,(H,18,22)(H,20,21). The van der Waals surface area contributed by atoms with Gasteiger partial charge in [-0.3, -0.25) is 9.59 Å². The molecule has 0 aromatic carbocycles. The number of carboxylic acid groups (broad SMARTS) is 1. The first kappa shape index (κ1) is 15.9. The van der Waals surface area contributed by atoms with Crippen LogP contribution in [0.3, 0.4) is 0 Å². The van der Waals surface area contributed by atoms with Gasteiger partial charge in [-0.1, -0.05) is 0 Å². The fraction of sp³-hybridized carbons (Fsp3) is 0.467. The molecule has 2 aromatic heterocycles. The van der Waals surface area contributed by atoms with E-state index in [1.165, 1.54) is 0 Å². The van der Waals surface area contributed by atoms with Gasteiger partial charge in [-0.05, 0) is 33.8 Å². The van der Waals surface area contributed by atoms with E-state index in [4.69, 9.17) is 5.11 Å². The molecular formula is C15H20N4O3. The van der Waals surface area contributed by atoms with Crippen LogP contribution in [0.2, 0.25) is 0 Å². The highest BCUT2D eigenvalue weighted by Gasteiger charge is 2.18. The Kier molecular flexibility index (Phi) is 4.44. The van der Waals surface area contributed by atoms with Crippen molar-refractivity contribution >= 4 is 22.9 Å². The van der Waals surface area contributed by atoms with Crippen LogP contribution < -0.4 is 5.32 Å². The van der Waals surface area contributed by atoms with Crippen LogP contribution in [0, 0.1) is 6.92 Å². The monoisotopic (exact) mass is 304 g/mol. The van der Waals surface area contributed by atoms with Crippen LogP contribution >= 0.6 is 0 Å². The fourth-order valence-corrected chi connectivity index (χ4v) is 2.32. The van der Waals surface area contributed by atoms with Crippen LogP contribution in [0.5, 0.6) is 0 Å². The number of pyridine rings is 1. The van der Waals surface area contributed by atoms with Crippen molar-refractivity contribution in [2.24, 2.45) is 0 Å². The SMILES string of the molecule is Cc1cc(C(=O)NC(C)CC(=O)O)c2cnn(C(C)C)c2n1. The lowest BCUT2D eigenvalue weighted by Gasteiger charge is -2.13. The molecule has 7 heteroatoms. The highest BCUT2D eigenvalue weighted by molar-refractivity contribution is 6.05. The second-order valence-electron chi connectivity index (χ2n) is 5.70. The molecule has 7 nitrogen and oxygen atoms in total. The van der Waals surface area contributed by atoms with Gasteiger partial charge >= 0.3 is 5.97 Å². The largest absolute Gasteiger partial charge is 0.481 e. The van der Waals surface area contributed by atoms with E-state index in [1.807, 2.05) is 20.8 Å². The molecule has 2 aromatic rings. The number of aliphatic carboxylic acids is 1. The molecular weight excluding hydrogens is 284 g/mol. The van der Waals surface area contributed by atoms with Crippen molar-refractivity contribution in [3.8, 4) is 0 Å². The molecule has 0 aliphatic rings. The van der Waals surface area contributed by atoms with Crippen molar-refractivity contribution in [1.29, 1.82) is 0 Å². The summed E-state index contributed by atoms with van der Waals surface area (Å²) in [5.74, 6) is -1.26. The Bertz CT molecular complexity index is 721. The third kappa shape index (κ3) is 3.24. The van der Waals surface area contributed by atoms with Crippen LogP contribution in [-0.4, -0.2) is 37.8 Å². The predicted molar refractivity (Wildman–Crippen MR) is 81.8 cm³/mol. The predicted octanol–water partition coefficient (Wildman–Crippen LogP) is 1.91. The molecule has 2 rings (SSSR count). The van der Waals surface area contributed by atoms with Gasteiger partial charge in [0, 0.05) is 17.8 Å². The zero-order chi connectivity index (χ0) is 16.4. The molecule has 0 saturated heterocycles. The number of hydrogen-bond acceptors (Lipinski definition) is 4. The number of hydrogen-bond donors (Lipinski definition) is 2. The molecule has 1 atom stereocenters. The molecule has 1 amide bonds. The number of carboxylic acids is 1. The van der Waals surface area contributed by atoms with E-state index < -0.39 is 12.0 Å². The van der Waals surface area contributed by atoms with Crippen molar-refractivity contribution in [3.63, 3.8) is 0 Å². The molecule has 22 heavy (non-hydrogen) atoms. The van der Waals surface area contributed by atoms with Gasteiger partial charge < -0.3 is 10.4 Å². The molecule has 0 spiro atoms. The summed E-state index contributed by atoms with van der Waals surface area (Å²) in [4.78, 5) is 27.6. The lowest BCUT2D eigenvalue weighted by atomic mass is 10.1. The molecule has 0 bridgehead atoms. The Morgan fingerprint density at radius 1 is 1.36 bits per heavy atom. The third-order valence-corrected chi connectivity index (χ3v) is 3.29.